The van der Waals surface area contributed by atoms with Crippen LogP contribution in [0.15, 0.2) is 30.3 Å². The zero-order chi connectivity index (χ0) is 14.6. The molecule has 1 fully saturated rings. The molecule has 0 radical (unpaired) electrons. The third-order valence-corrected chi connectivity index (χ3v) is 4.26. The van der Waals surface area contributed by atoms with E-state index >= 15 is 0 Å². The van der Waals surface area contributed by atoms with Crippen LogP contribution in [0.3, 0.4) is 0 Å². The molecule has 1 aliphatic rings. The molecule has 0 atom stereocenters. The Morgan fingerprint density at radius 1 is 1.30 bits per heavy atom. The molecule has 0 bridgehead atoms. The van der Waals surface area contributed by atoms with Crippen molar-refractivity contribution in [3.8, 4) is 0 Å². The topological polar surface area (TPSA) is 52.6 Å². The van der Waals surface area contributed by atoms with Gasteiger partial charge in [-0.15, -0.1) is 0 Å². The number of hydrogen-bond donors (Lipinski definition) is 2. The Morgan fingerprint density at radius 2 is 1.90 bits per heavy atom. The van der Waals surface area contributed by atoms with E-state index in [1.54, 1.807) is 0 Å². The maximum Gasteiger partial charge on any atom is 0.324 e. The first-order valence-electron chi connectivity index (χ1n) is 7.30. The van der Waals surface area contributed by atoms with Crippen LogP contribution >= 0.6 is 0 Å². The summed E-state index contributed by atoms with van der Waals surface area (Å²) in [5.74, 6) is -0.725. The molecule has 0 aliphatic carbocycles. The van der Waals surface area contributed by atoms with Gasteiger partial charge in [0.1, 0.15) is 5.54 Å². The van der Waals surface area contributed by atoms with E-state index in [0.717, 1.165) is 18.7 Å². The molecular formula is C16H24N2O2. The lowest BCUT2D eigenvalue weighted by Crippen LogP contribution is -2.58. The predicted octanol–water partition coefficient (Wildman–Crippen LogP) is 2.10. The summed E-state index contributed by atoms with van der Waals surface area (Å²) in [6, 6.07) is 10.4. The van der Waals surface area contributed by atoms with E-state index in [4.69, 9.17) is 0 Å². The average molecular weight is 276 g/mol. The molecule has 110 valence electrons. The summed E-state index contributed by atoms with van der Waals surface area (Å²) in [4.78, 5) is 14.0. The summed E-state index contributed by atoms with van der Waals surface area (Å²) in [5, 5.41) is 12.9. The fourth-order valence-electron chi connectivity index (χ4n) is 2.76. The molecule has 20 heavy (non-hydrogen) atoms. The molecular weight excluding hydrogens is 252 g/mol. The normalized spacial score (nSPS) is 19.1. The summed E-state index contributed by atoms with van der Waals surface area (Å²) < 4.78 is 0. The third kappa shape index (κ3) is 3.38. The molecule has 0 spiro atoms. The minimum Gasteiger partial charge on any atom is -0.480 e. The van der Waals surface area contributed by atoms with Gasteiger partial charge in [0.25, 0.3) is 0 Å². The van der Waals surface area contributed by atoms with Crippen molar-refractivity contribution in [1.29, 1.82) is 0 Å². The van der Waals surface area contributed by atoms with Gasteiger partial charge in [-0.05, 0) is 32.3 Å². The molecule has 2 rings (SSSR count). The molecule has 0 saturated carbocycles. The smallest absolute Gasteiger partial charge is 0.324 e. The maximum absolute atomic E-state index is 11.7. The second-order valence-electron chi connectivity index (χ2n) is 5.86. The van der Waals surface area contributed by atoms with Gasteiger partial charge in [-0.3, -0.25) is 10.1 Å². The van der Waals surface area contributed by atoms with Crippen LogP contribution in [0.2, 0.25) is 0 Å². The molecule has 0 aromatic heterocycles. The van der Waals surface area contributed by atoms with Gasteiger partial charge in [-0.1, -0.05) is 30.3 Å². The van der Waals surface area contributed by atoms with Gasteiger partial charge in [0.15, 0.2) is 0 Å². The van der Waals surface area contributed by atoms with Crippen molar-refractivity contribution in [3.05, 3.63) is 35.9 Å². The van der Waals surface area contributed by atoms with Crippen molar-refractivity contribution >= 4 is 5.97 Å². The Bertz CT molecular complexity index is 437. The number of nitrogens with zero attached hydrogens (tertiary/aromatic N) is 1. The molecule has 0 unspecified atom stereocenters. The van der Waals surface area contributed by atoms with Crippen LogP contribution in [0.5, 0.6) is 0 Å². The Morgan fingerprint density at radius 3 is 2.40 bits per heavy atom. The van der Waals surface area contributed by atoms with Gasteiger partial charge in [-0.2, -0.15) is 0 Å². The number of rotatable bonds is 5. The Balaban J connectivity index is 1.99. The fourth-order valence-corrected chi connectivity index (χ4v) is 2.76. The second-order valence-corrected chi connectivity index (χ2v) is 5.86. The molecule has 4 nitrogen and oxygen atoms in total. The molecule has 1 aromatic rings. The molecule has 0 amide bonds. The average Bonchev–Trinajstić information content (AvgIpc) is 2.46. The fraction of sp³-hybridized carbons (Fsp3) is 0.562. The van der Waals surface area contributed by atoms with Crippen molar-refractivity contribution in [2.45, 2.75) is 44.8 Å². The monoisotopic (exact) mass is 276 g/mol. The van der Waals surface area contributed by atoms with Crippen LogP contribution in [0.25, 0.3) is 0 Å². The standard InChI is InChI=1S/C16H24N2O2/c1-13(2)18-10-8-16(9-11-18,15(19)20)17-12-14-6-4-3-5-7-14/h3-7,13,17H,8-12H2,1-2H3,(H,19,20). The number of hydrogen-bond acceptors (Lipinski definition) is 3. The van der Waals surface area contributed by atoms with E-state index in [0.29, 0.717) is 25.4 Å². The van der Waals surface area contributed by atoms with Crippen molar-refractivity contribution in [3.63, 3.8) is 0 Å². The zero-order valence-corrected chi connectivity index (χ0v) is 12.3. The molecule has 1 heterocycles. The Hall–Kier alpha value is -1.39. The molecule has 1 saturated heterocycles. The number of benzene rings is 1. The second kappa shape index (κ2) is 6.37. The number of carboxylic acid groups (broad SMARTS) is 1. The minimum atomic E-state index is -0.777. The number of aliphatic carboxylic acids is 1. The predicted molar refractivity (Wildman–Crippen MR) is 79.6 cm³/mol. The summed E-state index contributed by atoms with van der Waals surface area (Å²) in [5.41, 5.74) is 0.348. The van der Waals surface area contributed by atoms with Crippen LogP contribution < -0.4 is 5.32 Å². The van der Waals surface area contributed by atoms with E-state index in [1.807, 2.05) is 30.3 Å². The summed E-state index contributed by atoms with van der Waals surface area (Å²) in [6.45, 7) is 6.60. The van der Waals surface area contributed by atoms with Crippen molar-refractivity contribution in [2.75, 3.05) is 13.1 Å². The SMILES string of the molecule is CC(C)N1CCC(NCc2ccccc2)(C(=O)O)CC1. The first-order chi connectivity index (χ1) is 9.53. The first-order valence-corrected chi connectivity index (χ1v) is 7.30. The van der Waals surface area contributed by atoms with Gasteiger partial charge in [0.05, 0.1) is 0 Å². The van der Waals surface area contributed by atoms with E-state index in [-0.39, 0.29) is 0 Å². The van der Waals surface area contributed by atoms with Crippen LogP contribution in [-0.4, -0.2) is 40.6 Å². The van der Waals surface area contributed by atoms with Crippen molar-refractivity contribution in [2.24, 2.45) is 0 Å². The lowest BCUT2D eigenvalue weighted by atomic mass is 9.86. The molecule has 1 aliphatic heterocycles. The van der Waals surface area contributed by atoms with E-state index in [2.05, 4.69) is 24.1 Å². The maximum atomic E-state index is 11.7. The van der Waals surface area contributed by atoms with E-state index in [1.165, 1.54) is 0 Å². The van der Waals surface area contributed by atoms with Crippen LogP contribution in [0.4, 0.5) is 0 Å². The quantitative estimate of drug-likeness (QED) is 0.865. The number of piperidine rings is 1. The number of carboxylic acids is 1. The summed E-state index contributed by atoms with van der Waals surface area (Å²) in [7, 11) is 0. The van der Waals surface area contributed by atoms with Gasteiger partial charge in [0, 0.05) is 25.7 Å². The molecule has 1 aromatic carbocycles. The highest BCUT2D eigenvalue weighted by Gasteiger charge is 2.41. The Labute approximate surface area is 120 Å². The minimum absolute atomic E-state index is 0.482. The number of nitrogens with one attached hydrogen (secondary N) is 1. The van der Waals surface area contributed by atoms with Crippen LogP contribution in [-0.2, 0) is 11.3 Å². The van der Waals surface area contributed by atoms with Crippen molar-refractivity contribution in [1.82, 2.24) is 10.2 Å². The zero-order valence-electron chi connectivity index (χ0n) is 12.3. The lowest BCUT2D eigenvalue weighted by Gasteiger charge is -2.41. The summed E-state index contributed by atoms with van der Waals surface area (Å²) >= 11 is 0. The van der Waals surface area contributed by atoms with E-state index in [9.17, 15) is 9.90 Å². The molecule has 2 N–H and O–H groups in total. The van der Waals surface area contributed by atoms with Crippen LogP contribution in [0.1, 0.15) is 32.3 Å². The third-order valence-electron chi connectivity index (χ3n) is 4.26. The number of likely N-dealkylation sites (tertiary alicyclic amines) is 1. The summed E-state index contributed by atoms with van der Waals surface area (Å²) in [6.07, 6.45) is 1.32. The van der Waals surface area contributed by atoms with Gasteiger partial charge in [-0.25, -0.2) is 0 Å². The Kier molecular flexibility index (Phi) is 4.78. The number of carbonyl (C=O) groups is 1. The molecule has 4 heteroatoms. The highest BCUT2D eigenvalue weighted by atomic mass is 16.4. The van der Waals surface area contributed by atoms with Gasteiger partial charge < -0.3 is 10.0 Å². The van der Waals surface area contributed by atoms with Gasteiger partial charge >= 0.3 is 5.97 Å². The van der Waals surface area contributed by atoms with Crippen LogP contribution in [0, 0.1) is 0 Å². The van der Waals surface area contributed by atoms with E-state index < -0.39 is 11.5 Å². The largest absolute Gasteiger partial charge is 0.480 e. The lowest BCUT2D eigenvalue weighted by molar-refractivity contribution is -0.147. The van der Waals surface area contributed by atoms with Crippen molar-refractivity contribution < 1.29 is 9.90 Å². The van der Waals surface area contributed by atoms with Gasteiger partial charge in [0.2, 0.25) is 0 Å². The first kappa shape index (κ1) is 15.0. The highest BCUT2D eigenvalue weighted by Crippen LogP contribution is 2.24. The highest BCUT2D eigenvalue weighted by molar-refractivity contribution is 5.79.